The van der Waals surface area contributed by atoms with Crippen molar-refractivity contribution in [2.24, 2.45) is 11.0 Å². The fourth-order valence-electron chi connectivity index (χ4n) is 2.11. The zero-order chi connectivity index (χ0) is 14.9. The molecular formula is C16H21N3OS. The van der Waals surface area contributed by atoms with Gasteiger partial charge in [-0.15, -0.1) is 0 Å². The molecule has 0 saturated carbocycles. The molecule has 0 aromatic heterocycles. The predicted molar refractivity (Wildman–Crippen MR) is 91.9 cm³/mol. The number of anilines is 1. The van der Waals surface area contributed by atoms with E-state index in [1.165, 1.54) is 0 Å². The van der Waals surface area contributed by atoms with Crippen LogP contribution in [0.15, 0.2) is 41.5 Å². The minimum absolute atomic E-state index is 0.488. The molecule has 1 aliphatic carbocycles. The largest absolute Gasteiger partial charge is 0.494 e. The second-order valence-electron chi connectivity index (χ2n) is 4.85. The van der Waals surface area contributed by atoms with Crippen molar-refractivity contribution >= 4 is 29.2 Å². The highest BCUT2D eigenvalue weighted by atomic mass is 32.1. The molecule has 0 bridgehead atoms. The average Bonchev–Trinajstić information content (AvgIpc) is 2.51. The SMILES string of the molecule is CCOc1ccc(NC(=S)N/N=C\[C@@H]2CC=CCC2)cc1. The van der Waals surface area contributed by atoms with Gasteiger partial charge in [0.15, 0.2) is 5.11 Å². The molecule has 0 fully saturated rings. The molecule has 1 aromatic carbocycles. The van der Waals surface area contributed by atoms with Crippen molar-refractivity contribution in [2.45, 2.75) is 26.2 Å². The van der Waals surface area contributed by atoms with Gasteiger partial charge in [0.25, 0.3) is 0 Å². The second-order valence-corrected chi connectivity index (χ2v) is 5.25. The number of rotatable bonds is 5. The molecule has 0 amide bonds. The van der Waals surface area contributed by atoms with Gasteiger partial charge < -0.3 is 10.1 Å². The molecule has 1 atom stereocenters. The lowest BCUT2D eigenvalue weighted by Gasteiger charge is -2.12. The Bertz CT molecular complexity index is 511. The highest BCUT2D eigenvalue weighted by Crippen LogP contribution is 2.16. The van der Waals surface area contributed by atoms with Gasteiger partial charge in [-0.2, -0.15) is 5.10 Å². The number of thiocarbonyl (C=S) groups is 1. The van der Waals surface area contributed by atoms with E-state index in [2.05, 4.69) is 28.0 Å². The van der Waals surface area contributed by atoms with Crippen LogP contribution in [0.5, 0.6) is 5.75 Å². The second kappa shape index (κ2) is 8.42. The van der Waals surface area contributed by atoms with Crippen LogP contribution in [-0.2, 0) is 0 Å². The first-order valence-corrected chi connectivity index (χ1v) is 7.67. The smallest absolute Gasteiger partial charge is 0.191 e. The molecule has 2 rings (SSSR count). The van der Waals surface area contributed by atoms with E-state index in [1.807, 2.05) is 37.4 Å². The number of allylic oxidation sites excluding steroid dienone is 2. The Hall–Kier alpha value is -1.88. The number of benzene rings is 1. The van der Waals surface area contributed by atoms with Crippen molar-refractivity contribution < 1.29 is 4.74 Å². The Morgan fingerprint density at radius 2 is 2.19 bits per heavy atom. The number of nitrogens with one attached hydrogen (secondary N) is 2. The van der Waals surface area contributed by atoms with Gasteiger partial charge in [0.2, 0.25) is 0 Å². The third-order valence-corrected chi connectivity index (χ3v) is 3.38. The van der Waals surface area contributed by atoms with Crippen LogP contribution in [0.2, 0.25) is 0 Å². The van der Waals surface area contributed by atoms with Crippen LogP contribution < -0.4 is 15.5 Å². The van der Waals surface area contributed by atoms with Crippen LogP contribution in [0, 0.1) is 5.92 Å². The van der Waals surface area contributed by atoms with E-state index in [-0.39, 0.29) is 0 Å². The maximum Gasteiger partial charge on any atom is 0.191 e. The summed E-state index contributed by atoms with van der Waals surface area (Å²) < 4.78 is 5.39. The van der Waals surface area contributed by atoms with Gasteiger partial charge in [0.1, 0.15) is 5.75 Å². The molecule has 4 nitrogen and oxygen atoms in total. The third-order valence-electron chi connectivity index (χ3n) is 3.18. The molecule has 1 aliphatic rings. The third kappa shape index (κ3) is 5.55. The topological polar surface area (TPSA) is 45.6 Å². The van der Waals surface area contributed by atoms with Crippen molar-refractivity contribution in [3.63, 3.8) is 0 Å². The Kier molecular flexibility index (Phi) is 6.22. The van der Waals surface area contributed by atoms with Gasteiger partial charge in [-0.25, -0.2) is 0 Å². The van der Waals surface area contributed by atoms with E-state index in [0.29, 0.717) is 17.6 Å². The molecule has 0 unspecified atom stereocenters. The van der Waals surface area contributed by atoms with Crippen molar-refractivity contribution in [1.29, 1.82) is 0 Å². The Labute approximate surface area is 131 Å². The average molecular weight is 303 g/mol. The van der Waals surface area contributed by atoms with Gasteiger partial charge in [-0.1, -0.05) is 12.2 Å². The fourth-order valence-corrected chi connectivity index (χ4v) is 2.28. The number of hydrazone groups is 1. The molecule has 5 heteroatoms. The summed E-state index contributed by atoms with van der Waals surface area (Å²) in [6.45, 7) is 2.63. The van der Waals surface area contributed by atoms with E-state index in [4.69, 9.17) is 17.0 Å². The molecule has 1 aromatic rings. The maximum absolute atomic E-state index is 5.39. The number of ether oxygens (including phenoxy) is 1. The minimum Gasteiger partial charge on any atom is -0.494 e. The van der Waals surface area contributed by atoms with Crippen LogP contribution >= 0.6 is 12.2 Å². The van der Waals surface area contributed by atoms with E-state index in [9.17, 15) is 0 Å². The van der Waals surface area contributed by atoms with Gasteiger partial charge in [-0.05, 0) is 68.6 Å². The maximum atomic E-state index is 5.39. The van der Waals surface area contributed by atoms with Gasteiger partial charge in [0, 0.05) is 11.9 Å². The van der Waals surface area contributed by atoms with Crippen LogP contribution in [0.4, 0.5) is 5.69 Å². The summed E-state index contributed by atoms with van der Waals surface area (Å²) in [6.07, 6.45) is 9.71. The number of hydrogen-bond donors (Lipinski definition) is 2. The van der Waals surface area contributed by atoms with Crippen LogP contribution in [0.3, 0.4) is 0 Å². The quantitative estimate of drug-likeness (QED) is 0.377. The Morgan fingerprint density at radius 3 is 2.86 bits per heavy atom. The fraction of sp³-hybridized carbons (Fsp3) is 0.375. The van der Waals surface area contributed by atoms with Gasteiger partial charge >= 0.3 is 0 Å². The van der Waals surface area contributed by atoms with Crippen LogP contribution in [0.25, 0.3) is 0 Å². The molecule has 2 N–H and O–H groups in total. The zero-order valence-corrected chi connectivity index (χ0v) is 13.0. The summed E-state index contributed by atoms with van der Waals surface area (Å²) in [7, 11) is 0. The van der Waals surface area contributed by atoms with Crippen LogP contribution in [-0.4, -0.2) is 17.9 Å². The number of hydrogen-bond acceptors (Lipinski definition) is 3. The lowest BCUT2D eigenvalue weighted by Crippen LogP contribution is -2.24. The molecule has 0 heterocycles. The Morgan fingerprint density at radius 1 is 1.38 bits per heavy atom. The predicted octanol–water partition coefficient (Wildman–Crippen LogP) is 3.71. The van der Waals surface area contributed by atoms with Crippen molar-refractivity contribution in [3.05, 3.63) is 36.4 Å². The molecule has 112 valence electrons. The van der Waals surface area contributed by atoms with Gasteiger partial charge in [-0.3, -0.25) is 5.43 Å². The summed E-state index contributed by atoms with van der Waals surface area (Å²) in [5.74, 6) is 1.36. The van der Waals surface area contributed by atoms with Gasteiger partial charge in [0.05, 0.1) is 6.61 Å². The van der Waals surface area contributed by atoms with E-state index in [0.717, 1.165) is 30.7 Å². The first-order chi connectivity index (χ1) is 10.3. The minimum atomic E-state index is 0.488. The van der Waals surface area contributed by atoms with Crippen LogP contribution in [0.1, 0.15) is 26.2 Å². The standard InChI is InChI=1S/C16H21N3OS/c1-2-20-15-10-8-14(9-11-15)18-16(21)19-17-12-13-6-4-3-5-7-13/h3-4,8-13H,2,5-7H2,1H3,(H2,18,19,21)/b17-12-/t13-/m1/s1. The highest BCUT2D eigenvalue weighted by molar-refractivity contribution is 7.80. The summed E-state index contributed by atoms with van der Waals surface area (Å²) in [5.41, 5.74) is 3.76. The summed E-state index contributed by atoms with van der Waals surface area (Å²) in [4.78, 5) is 0. The monoisotopic (exact) mass is 303 g/mol. The molecular weight excluding hydrogens is 282 g/mol. The summed E-state index contributed by atoms with van der Waals surface area (Å²) in [5, 5.41) is 7.77. The molecule has 0 spiro atoms. The Balaban J connectivity index is 1.75. The zero-order valence-electron chi connectivity index (χ0n) is 12.2. The van der Waals surface area contributed by atoms with E-state index in [1.54, 1.807) is 0 Å². The van der Waals surface area contributed by atoms with E-state index >= 15 is 0 Å². The molecule has 0 saturated heterocycles. The summed E-state index contributed by atoms with van der Waals surface area (Å²) in [6, 6.07) is 7.67. The highest BCUT2D eigenvalue weighted by Gasteiger charge is 2.06. The number of nitrogens with zero attached hydrogens (tertiary/aromatic N) is 1. The molecule has 0 aliphatic heterocycles. The van der Waals surface area contributed by atoms with Crippen molar-refractivity contribution in [1.82, 2.24) is 5.43 Å². The lowest BCUT2D eigenvalue weighted by molar-refractivity contribution is 0.340. The summed E-state index contributed by atoms with van der Waals surface area (Å²) >= 11 is 5.21. The van der Waals surface area contributed by atoms with Crippen molar-refractivity contribution in [2.75, 3.05) is 11.9 Å². The van der Waals surface area contributed by atoms with E-state index < -0.39 is 0 Å². The molecule has 0 radical (unpaired) electrons. The molecule has 21 heavy (non-hydrogen) atoms. The first-order valence-electron chi connectivity index (χ1n) is 7.26. The lowest BCUT2D eigenvalue weighted by atomic mass is 9.96. The van der Waals surface area contributed by atoms with Crippen molar-refractivity contribution in [3.8, 4) is 5.75 Å². The normalized spacial score (nSPS) is 17.7. The first kappa shape index (κ1) is 15.5.